The van der Waals surface area contributed by atoms with E-state index in [4.69, 9.17) is 23.2 Å². The van der Waals surface area contributed by atoms with Crippen LogP contribution in [0.25, 0.3) is 11.4 Å². The Morgan fingerprint density at radius 2 is 1.73 bits per heavy atom. The molecule has 0 saturated heterocycles. The molecule has 7 heteroatoms. The molecule has 22 heavy (non-hydrogen) atoms. The summed E-state index contributed by atoms with van der Waals surface area (Å²) in [6.45, 7) is 0. The van der Waals surface area contributed by atoms with Gasteiger partial charge in [-0.1, -0.05) is 53.5 Å². The molecule has 0 saturated carbocycles. The van der Waals surface area contributed by atoms with Crippen molar-refractivity contribution >= 4 is 33.2 Å². The molecular weight excluding hydrogens is 343 g/mol. The van der Waals surface area contributed by atoms with E-state index in [0.29, 0.717) is 16.4 Å². The maximum atomic E-state index is 12.8. The average Bonchev–Trinajstić information content (AvgIpc) is 3.01. The molecule has 0 amide bonds. The molecule has 0 N–H and O–H groups in total. The van der Waals surface area contributed by atoms with E-state index < -0.39 is 10.0 Å². The molecule has 3 aromatic rings. The van der Waals surface area contributed by atoms with E-state index in [1.165, 1.54) is 30.6 Å². The van der Waals surface area contributed by atoms with Crippen LogP contribution in [0.4, 0.5) is 0 Å². The summed E-state index contributed by atoms with van der Waals surface area (Å²) in [5.74, 6) is 0.316. The summed E-state index contributed by atoms with van der Waals surface area (Å²) in [6.07, 6.45) is 2.81. The lowest BCUT2D eigenvalue weighted by molar-refractivity contribution is 0.588. The van der Waals surface area contributed by atoms with Crippen LogP contribution in [0.3, 0.4) is 0 Å². The maximum absolute atomic E-state index is 12.8. The van der Waals surface area contributed by atoms with Gasteiger partial charge in [0, 0.05) is 23.0 Å². The standard InChI is InChI=1S/C15H10Cl2N2O2S/c16-12-6-7-13(17)14(10-12)22(20,21)19-9-8-18-15(19)11-4-2-1-3-5-11/h1-10H. The third-order valence-electron chi connectivity index (χ3n) is 3.07. The minimum Gasteiger partial charge on any atom is -0.236 e. The number of aromatic nitrogens is 2. The highest BCUT2D eigenvalue weighted by Crippen LogP contribution is 2.29. The Morgan fingerprint density at radius 1 is 1.00 bits per heavy atom. The second-order valence-corrected chi connectivity index (χ2v) is 7.12. The SMILES string of the molecule is O=S(=O)(c1cc(Cl)ccc1Cl)n1ccnc1-c1ccccc1. The fourth-order valence-electron chi connectivity index (χ4n) is 2.06. The summed E-state index contributed by atoms with van der Waals surface area (Å²) in [4.78, 5) is 4.08. The van der Waals surface area contributed by atoms with Crippen molar-refractivity contribution < 1.29 is 8.42 Å². The summed E-state index contributed by atoms with van der Waals surface area (Å²) in [5, 5.41) is 0.404. The Hall–Kier alpha value is -1.82. The number of imidazole rings is 1. The van der Waals surface area contributed by atoms with Crippen LogP contribution in [0.2, 0.25) is 10.0 Å². The van der Waals surface area contributed by atoms with E-state index in [1.807, 2.05) is 18.2 Å². The van der Waals surface area contributed by atoms with Gasteiger partial charge in [-0.3, -0.25) is 0 Å². The maximum Gasteiger partial charge on any atom is 0.270 e. The summed E-state index contributed by atoms with van der Waals surface area (Å²) in [5.41, 5.74) is 0.689. The molecule has 0 aliphatic heterocycles. The Kier molecular flexibility index (Phi) is 3.95. The van der Waals surface area contributed by atoms with Gasteiger partial charge < -0.3 is 0 Å². The van der Waals surface area contributed by atoms with Crippen LogP contribution < -0.4 is 0 Å². The summed E-state index contributed by atoms with van der Waals surface area (Å²) < 4.78 is 26.8. The lowest BCUT2D eigenvalue weighted by Crippen LogP contribution is -2.14. The van der Waals surface area contributed by atoms with Gasteiger partial charge in [-0.25, -0.2) is 17.4 Å². The molecule has 1 aromatic heterocycles. The Labute approximate surface area is 138 Å². The largest absolute Gasteiger partial charge is 0.270 e. The molecule has 0 unspecified atom stereocenters. The van der Waals surface area contributed by atoms with Crippen LogP contribution in [0.5, 0.6) is 0 Å². The third kappa shape index (κ3) is 2.63. The average molecular weight is 353 g/mol. The van der Waals surface area contributed by atoms with Gasteiger partial charge in [0.2, 0.25) is 0 Å². The molecule has 0 aliphatic rings. The van der Waals surface area contributed by atoms with Gasteiger partial charge >= 0.3 is 0 Å². The topological polar surface area (TPSA) is 52.0 Å². The molecule has 0 radical (unpaired) electrons. The molecule has 0 fully saturated rings. The van der Waals surface area contributed by atoms with Gasteiger partial charge in [0.25, 0.3) is 10.0 Å². The molecule has 1 heterocycles. The first kappa shape index (κ1) is 15.1. The lowest BCUT2D eigenvalue weighted by atomic mass is 10.2. The molecule has 112 valence electrons. The Balaban J connectivity index is 2.20. The molecule has 0 aliphatic carbocycles. The van der Waals surface area contributed by atoms with Crippen LogP contribution >= 0.6 is 23.2 Å². The van der Waals surface area contributed by atoms with Gasteiger partial charge in [0.15, 0.2) is 5.82 Å². The number of halogens is 2. The Bertz CT molecular complexity index is 922. The minimum atomic E-state index is -3.89. The van der Waals surface area contributed by atoms with E-state index in [0.717, 1.165) is 3.97 Å². The van der Waals surface area contributed by atoms with E-state index in [9.17, 15) is 8.42 Å². The highest BCUT2D eigenvalue weighted by molar-refractivity contribution is 7.90. The number of hydrogen-bond acceptors (Lipinski definition) is 3. The number of nitrogens with zero attached hydrogens (tertiary/aromatic N) is 2. The number of benzene rings is 2. The smallest absolute Gasteiger partial charge is 0.236 e. The van der Waals surface area contributed by atoms with Crippen molar-refractivity contribution in [1.29, 1.82) is 0 Å². The number of rotatable bonds is 3. The van der Waals surface area contributed by atoms with Crippen LogP contribution in [0.1, 0.15) is 0 Å². The van der Waals surface area contributed by atoms with Crippen LogP contribution in [0, 0.1) is 0 Å². The van der Waals surface area contributed by atoms with Gasteiger partial charge in [-0.15, -0.1) is 0 Å². The minimum absolute atomic E-state index is 0.0585. The van der Waals surface area contributed by atoms with Gasteiger partial charge in [0.05, 0.1) is 5.02 Å². The molecule has 0 bridgehead atoms. The Morgan fingerprint density at radius 3 is 2.45 bits per heavy atom. The quantitative estimate of drug-likeness (QED) is 0.713. The molecule has 3 rings (SSSR count). The van der Waals surface area contributed by atoms with Gasteiger partial charge in [-0.05, 0) is 18.2 Å². The van der Waals surface area contributed by atoms with Crippen molar-refractivity contribution in [3.05, 3.63) is 71.0 Å². The zero-order valence-electron chi connectivity index (χ0n) is 11.1. The van der Waals surface area contributed by atoms with E-state index in [1.54, 1.807) is 12.1 Å². The predicted octanol–water partition coefficient (Wildman–Crippen LogP) is 4.09. The van der Waals surface area contributed by atoms with Crippen molar-refractivity contribution in [3.63, 3.8) is 0 Å². The van der Waals surface area contributed by atoms with Crippen LogP contribution in [0.15, 0.2) is 65.8 Å². The van der Waals surface area contributed by atoms with Crippen molar-refractivity contribution in [3.8, 4) is 11.4 Å². The van der Waals surface area contributed by atoms with Crippen molar-refractivity contribution in [2.45, 2.75) is 4.90 Å². The fourth-order valence-corrected chi connectivity index (χ4v) is 4.10. The molecular formula is C15H10Cl2N2O2S. The second kappa shape index (κ2) is 5.76. The normalized spacial score (nSPS) is 11.5. The first-order valence-electron chi connectivity index (χ1n) is 6.29. The van der Waals surface area contributed by atoms with Crippen LogP contribution in [-0.2, 0) is 10.0 Å². The van der Waals surface area contributed by atoms with Gasteiger partial charge in [0.1, 0.15) is 4.90 Å². The van der Waals surface area contributed by atoms with Crippen molar-refractivity contribution in [2.75, 3.05) is 0 Å². The third-order valence-corrected chi connectivity index (χ3v) is 5.45. The summed E-state index contributed by atoms with van der Waals surface area (Å²) in [7, 11) is -3.89. The van der Waals surface area contributed by atoms with E-state index in [-0.39, 0.29) is 9.92 Å². The molecule has 4 nitrogen and oxygen atoms in total. The predicted molar refractivity (Wildman–Crippen MR) is 86.7 cm³/mol. The first-order chi connectivity index (χ1) is 10.5. The first-order valence-corrected chi connectivity index (χ1v) is 8.49. The van der Waals surface area contributed by atoms with Crippen molar-refractivity contribution in [1.82, 2.24) is 8.96 Å². The van der Waals surface area contributed by atoms with Crippen molar-refractivity contribution in [2.24, 2.45) is 0 Å². The molecule has 2 aromatic carbocycles. The lowest BCUT2D eigenvalue weighted by Gasteiger charge is -2.11. The van der Waals surface area contributed by atoms with Gasteiger partial charge in [-0.2, -0.15) is 0 Å². The second-order valence-electron chi connectivity index (χ2n) is 4.49. The van der Waals surface area contributed by atoms with E-state index >= 15 is 0 Å². The summed E-state index contributed by atoms with van der Waals surface area (Å²) in [6, 6.07) is 13.4. The highest BCUT2D eigenvalue weighted by atomic mass is 35.5. The zero-order chi connectivity index (χ0) is 15.7. The zero-order valence-corrected chi connectivity index (χ0v) is 13.5. The van der Waals surface area contributed by atoms with Crippen LogP contribution in [-0.4, -0.2) is 17.4 Å². The molecule has 0 spiro atoms. The molecule has 0 atom stereocenters. The monoisotopic (exact) mass is 352 g/mol. The summed E-state index contributed by atoms with van der Waals surface area (Å²) >= 11 is 11.9. The highest BCUT2D eigenvalue weighted by Gasteiger charge is 2.24. The van der Waals surface area contributed by atoms with E-state index in [2.05, 4.69) is 4.98 Å². The fraction of sp³-hybridized carbons (Fsp3) is 0. The number of hydrogen-bond donors (Lipinski definition) is 0.